The Morgan fingerprint density at radius 2 is 1.93 bits per heavy atom. The van der Waals surface area contributed by atoms with Gasteiger partial charge in [0.05, 0.1) is 11.5 Å². The third kappa shape index (κ3) is 5.79. The Morgan fingerprint density at radius 1 is 1.30 bits per heavy atom. The second-order valence-corrected chi connectivity index (χ2v) is 8.01. The number of nitro benzene ring substituents is 1. The van der Waals surface area contributed by atoms with Crippen molar-refractivity contribution in [3.05, 3.63) is 32.8 Å². The Balaban J connectivity index is 1.87. The van der Waals surface area contributed by atoms with Crippen molar-refractivity contribution in [3.8, 4) is 5.75 Å². The topological polar surface area (TPSA) is 102 Å². The molecule has 0 atom stereocenters. The van der Waals surface area contributed by atoms with Crippen molar-refractivity contribution in [2.24, 2.45) is 5.73 Å². The molecule has 1 aliphatic heterocycles. The molecule has 9 heteroatoms. The zero-order valence-corrected chi connectivity index (χ0v) is 16.8. The molecule has 0 radical (unpaired) electrons. The predicted octanol–water partition coefficient (Wildman–Crippen LogP) is 2.53. The fourth-order valence-electron chi connectivity index (χ4n) is 3.08. The monoisotopic (exact) mass is 398 g/mol. The van der Waals surface area contributed by atoms with Gasteiger partial charge in [-0.2, -0.15) is 0 Å². The van der Waals surface area contributed by atoms with E-state index in [1.165, 1.54) is 6.07 Å². The van der Waals surface area contributed by atoms with E-state index in [1.807, 2.05) is 0 Å². The number of carbonyl (C=O) groups is 1. The van der Waals surface area contributed by atoms with Crippen LogP contribution in [0.3, 0.4) is 0 Å². The van der Waals surface area contributed by atoms with Gasteiger partial charge in [-0.05, 0) is 33.3 Å². The number of carbonyl (C=O) groups excluding carboxylic acids is 1. The number of rotatable bonds is 7. The first-order chi connectivity index (χ1) is 12.6. The molecule has 1 saturated heterocycles. The zero-order chi connectivity index (χ0) is 20.2. The van der Waals surface area contributed by atoms with Gasteiger partial charge in [0.2, 0.25) is 5.91 Å². The van der Waals surface area contributed by atoms with E-state index in [4.69, 9.17) is 22.1 Å². The van der Waals surface area contributed by atoms with Crippen molar-refractivity contribution in [2.75, 3.05) is 39.3 Å². The number of piperazine rings is 1. The number of nitrogens with two attached hydrogens (primary N) is 1. The molecule has 0 unspecified atom stereocenters. The second-order valence-electron chi connectivity index (χ2n) is 7.63. The van der Waals surface area contributed by atoms with Crippen LogP contribution in [0, 0.1) is 10.1 Å². The van der Waals surface area contributed by atoms with Gasteiger partial charge in [0.25, 0.3) is 5.69 Å². The van der Waals surface area contributed by atoms with Gasteiger partial charge in [-0.3, -0.25) is 19.8 Å². The smallest absolute Gasteiger partial charge is 0.292 e. The standard InChI is InChI=1S/C18H27ClN4O4/c1-18(2,3)22-8-6-21(7-9-22)5-4-10-27-15-12-13(17(20)24)11-14(16(15)19)23(25)26/h11-12H,4-10H2,1-3H3,(H2,20,24). The Labute approximate surface area is 164 Å². The van der Waals surface area contributed by atoms with Gasteiger partial charge < -0.3 is 15.4 Å². The highest BCUT2D eigenvalue weighted by Crippen LogP contribution is 2.35. The first-order valence-electron chi connectivity index (χ1n) is 8.97. The Bertz CT molecular complexity index is 697. The first-order valence-corrected chi connectivity index (χ1v) is 9.35. The van der Waals surface area contributed by atoms with Crippen LogP contribution in [0.2, 0.25) is 5.02 Å². The summed E-state index contributed by atoms with van der Waals surface area (Å²) in [6.07, 6.45) is 0.750. The number of primary amides is 1. The molecule has 1 amide bonds. The maximum absolute atomic E-state index is 11.4. The lowest BCUT2D eigenvalue weighted by atomic mass is 10.0. The van der Waals surface area contributed by atoms with Crippen LogP contribution in [0.4, 0.5) is 5.69 Å². The number of amides is 1. The summed E-state index contributed by atoms with van der Waals surface area (Å²) < 4.78 is 5.60. The van der Waals surface area contributed by atoms with E-state index in [9.17, 15) is 14.9 Å². The van der Waals surface area contributed by atoms with Gasteiger partial charge in [-0.25, -0.2) is 0 Å². The Kier molecular flexibility index (Phi) is 7.02. The average molecular weight is 399 g/mol. The largest absolute Gasteiger partial charge is 0.492 e. The van der Waals surface area contributed by atoms with Crippen LogP contribution in [0.25, 0.3) is 0 Å². The molecule has 1 fully saturated rings. The molecular formula is C18H27ClN4O4. The van der Waals surface area contributed by atoms with E-state index < -0.39 is 10.8 Å². The number of benzene rings is 1. The fourth-order valence-corrected chi connectivity index (χ4v) is 3.31. The van der Waals surface area contributed by atoms with Gasteiger partial charge in [-0.15, -0.1) is 0 Å². The number of ether oxygens (including phenoxy) is 1. The molecule has 8 nitrogen and oxygen atoms in total. The number of hydrogen-bond acceptors (Lipinski definition) is 6. The van der Waals surface area contributed by atoms with Crippen LogP contribution in [-0.4, -0.2) is 65.5 Å². The normalized spacial score (nSPS) is 16.3. The molecule has 27 heavy (non-hydrogen) atoms. The fraction of sp³-hybridized carbons (Fsp3) is 0.611. The summed E-state index contributed by atoms with van der Waals surface area (Å²) in [5.41, 5.74) is 5.02. The van der Waals surface area contributed by atoms with E-state index in [2.05, 4.69) is 30.6 Å². The SMILES string of the molecule is CC(C)(C)N1CCN(CCCOc2cc(C(N)=O)cc([N+](=O)[O-])c2Cl)CC1. The Morgan fingerprint density at radius 3 is 2.44 bits per heavy atom. The van der Waals surface area contributed by atoms with Crippen LogP contribution in [0.5, 0.6) is 5.75 Å². The van der Waals surface area contributed by atoms with E-state index in [-0.39, 0.29) is 27.6 Å². The number of nitro groups is 1. The van der Waals surface area contributed by atoms with E-state index in [1.54, 1.807) is 0 Å². The van der Waals surface area contributed by atoms with Crippen LogP contribution < -0.4 is 10.5 Å². The van der Waals surface area contributed by atoms with E-state index in [0.717, 1.165) is 45.2 Å². The van der Waals surface area contributed by atoms with Crippen LogP contribution in [-0.2, 0) is 0 Å². The van der Waals surface area contributed by atoms with E-state index in [0.29, 0.717) is 6.61 Å². The first kappa shape index (κ1) is 21.4. The molecule has 0 aliphatic carbocycles. The molecule has 1 aromatic carbocycles. The van der Waals surface area contributed by atoms with Gasteiger partial charge in [0.15, 0.2) is 5.02 Å². The molecular weight excluding hydrogens is 372 g/mol. The molecule has 0 spiro atoms. The molecule has 1 heterocycles. The van der Waals surface area contributed by atoms with Gasteiger partial charge in [-0.1, -0.05) is 11.6 Å². The van der Waals surface area contributed by atoms with Crippen LogP contribution >= 0.6 is 11.6 Å². The molecule has 1 aliphatic rings. The zero-order valence-electron chi connectivity index (χ0n) is 16.0. The summed E-state index contributed by atoms with van der Waals surface area (Å²) in [6, 6.07) is 2.41. The van der Waals surface area contributed by atoms with Crippen molar-refractivity contribution < 1.29 is 14.5 Å². The molecule has 150 valence electrons. The van der Waals surface area contributed by atoms with Crippen molar-refractivity contribution in [1.82, 2.24) is 9.80 Å². The number of halogens is 1. The summed E-state index contributed by atoms with van der Waals surface area (Å²) in [4.78, 5) is 26.6. The lowest BCUT2D eigenvalue weighted by Gasteiger charge is -2.42. The minimum atomic E-state index is -0.767. The molecule has 0 saturated carbocycles. The molecule has 0 aromatic heterocycles. The number of nitrogens with zero attached hydrogens (tertiary/aromatic N) is 3. The lowest BCUT2D eigenvalue weighted by Crippen LogP contribution is -2.53. The van der Waals surface area contributed by atoms with Gasteiger partial charge in [0.1, 0.15) is 5.75 Å². The highest BCUT2D eigenvalue weighted by Gasteiger charge is 2.25. The number of hydrogen-bond donors (Lipinski definition) is 1. The molecule has 2 rings (SSSR count). The molecule has 0 bridgehead atoms. The van der Waals surface area contributed by atoms with Crippen LogP contribution in [0.1, 0.15) is 37.6 Å². The lowest BCUT2D eigenvalue weighted by molar-refractivity contribution is -0.384. The van der Waals surface area contributed by atoms with Crippen molar-refractivity contribution in [3.63, 3.8) is 0 Å². The van der Waals surface area contributed by atoms with Crippen molar-refractivity contribution in [1.29, 1.82) is 0 Å². The second kappa shape index (κ2) is 8.86. The summed E-state index contributed by atoms with van der Waals surface area (Å²) in [5, 5.41) is 11.0. The maximum atomic E-state index is 11.4. The highest BCUT2D eigenvalue weighted by atomic mass is 35.5. The van der Waals surface area contributed by atoms with Crippen LogP contribution in [0.15, 0.2) is 12.1 Å². The van der Waals surface area contributed by atoms with Crippen molar-refractivity contribution in [2.45, 2.75) is 32.7 Å². The minimum Gasteiger partial charge on any atom is -0.492 e. The summed E-state index contributed by atoms with van der Waals surface area (Å²) in [5.74, 6) is -0.659. The average Bonchev–Trinajstić information content (AvgIpc) is 2.59. The maximum Gasteiger partial charge on any atom is 0.292 e. The quantitative estimate of drug-likeness (QED) is 0.430. The predicted molar refractivity (Wildman–Crippen MR) is 105 cm³/mol. The summed E-state index contributed by atoms with van der Waals surface area (Å²) in [7, 11) is 0. The third-order valence-corrected chi connectivity index (χ3v) is 5.08. The van der Waals surface area contributed by atoms with E-state index >= 15 is 0 Å². The third-order valence-electron chi connectivity index (χ3n) is 4.70. The minimum absolute atomic E-state index is 0.000554. The van der Waals surface area contributed by atoms with Gasteiger partial charge in [0, 0.05) is 49.9 Å². The Hall–Kier alpha value is -1.90. The molecule has 2 N–H and O–H groups in total. The summed E-state index contributed by atoms with van der Waals surface area (Å²) in [6.45, 7) is 11.9. The molecule has 1 aromatic rings. The summed E-state index contributed by atoms with van der Waals surface area (Å²) >= 11 is 6.03. The van der Waals surface area contributed by atoms with Gasteiger partial charge >= 0.3 is 0 Å². The van der Waals surface area contributed by atoms with Crippen molar-refractivity contribution >= 4 is 23.2 Å². The highest BCUT2D eigenvalue weighted by molar-refractivity contribution is 6.34.